The van der Waals surface area contributed by atoms with Crippen LogP contribution in [0.15, 0.2) is 47.5 Å². The number of benzene rings is 1. The summed E-state index contributed by atoms with van der Waals surface area (Å²) in [6.07, 6.45) is 8.46. The molecular formula is C22H27N5O3. The lowest BCUT2D eigenvalue weighted by Crippen LogP contribution is -2.29. The van der Waals surface area contributed by atoms with Crippen molar-refractivity contribution in [3.8, 4) is 17.1 Å². The molecule has 0 saturated carbocycles. The maximum Gasteiger partial charge on any atom is 0.259 e. The van der Waals surface area contributed by atoms with E-state index in [1.165, 1.54) is 0 Å². The van der Waals surface area contributed by atoms with Gasteiger partial charge in [0.15, 0.2) is 11.6 Å². The fraction of sp³-hybridized carbons (Fsp3) is 0.409. The molecule has 1 amide bonds. The molecule has 30 heavy (non-hydrogen) atoms. The minimum absolute atomic E-state index is 0.165. The largest absolute Gasteiger partial charge is 0.497 e. The van der Waals surface area contributed by atoms with E-state index in [9.17, 15) is 4.79 Å². The lowest BCUT2D eigenvalue weighted by atomic mass is 10.1. The topological polar surface area (TPSA) is 85.4 Å². The third-order valence-corrected chi connectivity index (χ3v) is 5.54. The molecule has 0 radical (unpaired) electrons. The smallest absolute Gasteiger partial charge is 0.259 e. The van der Waals surface area contributed by atoms with E-state index in [0.717, 1.165) is 43.7 Å². The Balaban J connectivity index is 1.54. The predicted molar refractivity (Wildman–Crippen MR) is 114 cm³/mol. The summed E-state index contributed by atoms with van der Waals surface area (Å²) in [5, 5.41) is 7.32. The van der Waals surface area contributed by atoms with Crippen LogP contribution in [-0.4, -0.2) is 47.4 Å². The van der Waals surface area contributed by atoms with Gasteiger partial charge in [-0.3, -0.25) is 4.79 Å². The highest BCUT2D eigenvalue weighted by atomic mass is 16.5. The molecule has 1 unspecified atom stereocenters. The van der Waals surface area contributed by atoms with Gasteiger partial charge in [-0.1, -0.05) is 5.16 Å². The molecule has 0 aliphatic carbocycles. The molecule has 0 spiro atoms. The van der Waals surface area contributed by atoms with Gasteiger partial charge >= 0.3 is 0 Å². The molecule has 1 N–H and O–H groups in total. The van der Waals surface area contributed by atoms with Crippen LogP contribution in [0.25, 0.3) is 11.3 Å². The van der Waals surface area contributed by atoms with Crippen LogP contribution in [0.1, 0.15) is 42.6 Å². The molecule has 3 heterocycles. The van der Waals surface area contributed by atoms with E-state index in [0.29, 0.717) is 23.7 Å². The predicted octanol–water partition coefficient (Wildman–Crippen LogP) is 3.53. The van der Waals surface area contributed by atoms with Crippen LogP contribution in [0.2, 0.25) is 0 Å². The zero-order valence-electron chi connectivity index (χ0n) is 17.4. The SMILES string of the molecule is COc1ccc(-c2onc(N3CCCC3)c2C(=O)NCCC(C)n2ccnc2)cc1. The summed E-state index contributed by atoms with van der Waals surface area (Å²) in [6.45, 7) is 4.41. The van der Waals surface area contributed by atoms with Crippen molar-refractivity contribution >= 4 is 11.7 Å². The van der Waals surface area contributed by atoms with Crippen molar-refractivity contribution in [2.24, 2.45) is 0 Å². The summed E-state index contributed by atoms with van der Waals surface area (Å²) in [5.41, 5.74) is 1.29. The molecule has 1 aliphatic rings. The molecule has 3 aromatic rings. The Morgan fingerprint density at radius 1 is 1.27 bits per heavy atom. The van der Waals surface area contributed by atoms with Crippen molar-refractivity contribution < 1.29 is 14.1 Å². The first-order valence-corrected chi connectivity index (χ1v) is 10.3. The molecular weight excluding hydrogens is 382 g/mol. The van der Waals surface area contributed by atoms with Crippen molar-refractivity contribution in [3.05, 3.63) is 48.5 Å². The normalized spacial score (nSPS) is 14.7. The number of carbonyl (C=O) groups excluding carboxylic acids is 1. The summed E-state index contributed by atoms with van der Waals surface area (Å²) in [4.78, 5) is 19.4. The Labute approximate surface area is 175 Å². The van der Waals surface area contributed by atoms with Gasteiger partial charge in [-0.05, 0) is 50.5 Å². The van der Waals surface area contributed by atoms with Gasteiger partial charge in [0.1, 0.15) is 11.3 Å². The molecule has 8 heteroatoms. The summed E-state index contributed by atoms with van der Waals surface area (Å²) < 4.78 is 12.9. The highest BCUT2D eigenvalue weighted by Crippen LogP contribution is 2.33. The van der Waals surface area contributed by atoms with E-state index in [1.54, 1.807) is 19.6 Å². The average molecular weight is 409 g/mol. The first kappa shape index (κ1) is 20.0. The first-order valence-electron chi connectivity index (χ1n) is 10.3. The van der Waals surface area contributed by atoms with Crippen molar-refractivity contribution in [1.29, 1.82) is 0 Å². The van der Waals surface area contributed by atoms with E-state index in [1.807, 2.05) is 35.0 Å². The summed E-state index contributed by atoms with van der Waals surface area (Å²) in [7, 11) is 1.62. The van der Waals surface area contributed by atoms with Gasteiger partial charge in [-0.2, -0.15) is 0 Å². The Kier molecular flexibility index (Phi) is 6.02. The second-order valence-electron chi connectivity index (χ2n) is 7.54. The lowest BCUT2D eigenvalue weighted by Gasteiger charge is -2.16. The van der Waals surface area contributed by atoms with Crippen LogP contribution in [0.4, 0.5) is 5.82 Å². The molecule has 4 rings (SSSR count). The van der Waals surface area contributed by atoms with Crippen molar-refractivity contribution in [2.75, 3.05) is 31.6 Å². The highest BCUT2D eigenvalue weighted by Gasteiger charge is 2.29. The number of imidazole rings is 1. The van der Waals surface area contributed by atoms with Gasteiger partial charge in [0.25, 0.3) is 5.91 Å². The molecule has 0 bridgehead atoms. The van der Waals surface area contributed by atoms with E-state index >= 15 is 0 Å². The van der Waals surface area contributed by atoms with E-state index in [-0.39, 0.29) is 11.9 Å². The molecule has 8 nitrogen and oxygen atoms in total. The van der Waals surface area contributed by atoms with E-state index in [2.05, 4.69) is 27.3 Å². The van der Waals surface area contributed by atoms with Crippen molar-refractivity contribution in [3.63, 3.8) is 0 Å². The van der Waals surface area contributed by atoms with Crippen LogP contribution in [-0.2, 0) is 0 Å². The highest BCUT2D eigenvalue weighted by molar-refractivity contribution is 6.04. The van der Waals surface area contributed by atoms with Gasteiger partial charge in [-0.25, -0.2) is 4.98 Å². The zero-order valence-corrected chi connectivity index (χ0v) is 17.4. The van der Waals surface area contributed by atoms with Crippen LogP contribution in [0.3, 0.4) is 0 Å². The fourth-order valence-electron chi connectivity index (χ4n) is 3.73. The number of methoxy groups -OCH3 is 1. The van der Waals surface area contributed by atoms with Crippen molar-refractivity contribution in [2.45, 2.75) is 32.2 Å². The molecule has 1 fully saturated rings. The fourth-order valence-corrected chi connectivity index (χ4v) is 3.73. The molecule has 1 atom stereocenters. The number of rotatable bonds is 8. The van der Waals surface area contributed by atoms with Gasteiger partial charge in [0.2, 0.25) is 0 Å². The number of nitrogens with zero attached hydrogens (tertiary/aromatic N) is 4. The maximum absolute atomic E-state index is 13.2. The van der Waals surface area contributed by atoms with Gasteiger partial charge < -0.3 is 24.0 Å². The lowest BCUT2D eigenvalue weighted by molar-refractivity contribution is 0.0952. The quantitative estimate of drug-likeness (QED) is 0.613. The average Bonchev–Trinajstić information content (AvgIpc) is 3.54. The van der Waals surface area contributed by atoms with Gasteiger partial charge in [-0.15, -0.1) is 0 Å². The number of hydrogen-bond donors (Lipinski definition) is 1. The van der Waals surface area contributed by atoms with Crippen LogP contribution in [0, 0.1) is 0 Å². The zero-order chi connectivity index (χ0) is 20.9. The number of ether oxygens (including phenoxy) is 1. The molecule has 1 saturated heterocycles. The van der Waals surface area contributed by atoms with E-state index < -0.39 is 0 Å². The molecule has 1 aromatic carbocycles. The first-order chi connectivity index (χ1) is 14.7. The number of hydrogen-bond acceptors (Lipinski definition) is 6. The minimum Gasteiger partial charge on any atom is -0.497 e. The number of aromatic nitrogens is 3. The summed E-state index contributed by atoms with van der Waals surface area (Å²) >= 11 is 0. The minimum atomic E-state index is -0.165. The third-order valence-electron chi connectivity index (χ3n) is 5.54. The Morgan fingerprint density at radius 2 is 2.03 bits per heavy atom. The third kappa shape index (κ3) is 4.17. The molecule has 2 aromatic heterocycles. The summed E-state index contributed by atoms with van der Waals surface area (Å²) in [6, 6.07) is 7.70. The second kappa shape index (κ2) is 9.02. The monoisotopic (exact) mass is 409 g/mol. The van der Waals surface area contributed by atoms with Crippen molar-refractivity contribution in [1.82, 2.24) is 20.0 Å². The molecule has 1 aliphatic heterocycles. The Morgan fingerprint density at radius 3 is 2.70 bits per heavy atom. The van der Waals surface area contributed by atoms with Gasteiger partial charge in [0.05, 0.1) is 13.4 Å². The standard InChI is InChI=1S/C22H27N5O3/c1-16(27-14-11-23-15-27)9-10-24-22(28)19-20(17-5-7-18(29-2)8-6-17)30-25-21(19)26-12-3-4-13-26/h5-8,11,14-16H,3-4,9-10,12-13H2,1-2H3,(H,24,28). The van der Waals surface area contributed by atoms with E-state index in [4.69, 9.17) is 9.26 Å². The Bertz CT molecular complexity index is 959. The maximum atomic E-state index is 13.2. The Hall–Kier alpha value is -3.29. The van der Waals surface area contributed by atoms with Crippen LogP contribution < -0.4 is 15.0 Å². The van der Waals surface area contributed by atoms with Gasteiger partial charge in [0, 0.05) is 43.6 Å². The second-order valence-corrected chi connectivity index (χ2v) is 7.54. The van der Waals surface area contributed by atoms with Crippen LogP contribution >= 0.6 is 0 Å². The number of carbonyl (C=O) groups is 1. The number of amides is 1. The number of nitrogens with one attached hydrogen (secondary N) is 1. The van der Waals surface area contributed by atoms with Crippen LogP contribution in [0.5, 0.6) is 5.75 Å². The summed E-state index contributed by atoms with van der Waals surface area (Å²) in [5.74, 6) is 1.69. The number of anilines is 1. The molecule has 158 valence electrons.